The summed E-state index contributed by atoms with van der Waals surface area (Å²) in [6.07, 6.45) is 5.51. The minimum absolute atomic E-state index is 0.0282. The molecule has 1 aliphatic carbocycles. The van der Waals surface area contributed by atoms with Gasteiger partial charge in [0.1, 0.15) is 6.10 Å². The summed E-state index contributed by atoms with van der Waals surface area (Å²) >= 11 is 0. The van der Waals surface area contributed by atoms with E-state index >= 15 is 0 Å². The smallest absolute Gasteiger partial charge is 0.414 e. The zero-order valence-corrected chi connectivity index (χ0v) is 15.3. The molecule has 1 aliphatic rings. The Balaban J connectivity index is 1.93. The maximum Gasteiger partial charge on any atom is 0.414 e. The van der Waals surface area contributed by atoms with Crippen LogP contribution in [0, 0.1) is 17.8 Å². The fourth-order valence-electron chi connectivity index (χ4n) is 3.60. The first-order chi connectivity index (χ1) is 11.5. The van der Waals surface area contributed by atoms with E-state index in [0.29, 0.717) is 24.3 Å². The van der Waals surface area contributed by atoms with Gasteiger partial charge in [-0.2, -0.15) is 0 Å². The largest absolute Gasteiger partial charge is 0.446 e. The van der Waals surface area contributed by atoms with Crippen LogP contribution in [-0.4, -0.2) is 23.6 Å². The molecule has 0 aliphatic heterocycles. The van der Waals surface area contributed by atoms with Gasteiger partial charge in [0.25, 0.3) is 0 Å². The average molecular weight is 329 g/mol. The number of hydrogen-bond donors (Lipinski definition) is 0. The lowest BCUT2D eigenvalue weighted by Gasteiger charge is -2.37. The third-order valence-corrected chi connectivity index (χ3v) is 5.15. The Morgan fingerprint density at radius 1 is 1.33 bits per heavy atom. The molecule has 0 bridgehead atoms. The molecule has 0 saturated heterocycles. The second-order valence-electron chi connectivity index (χ2n) is 7.36. The highest BCUT2D eigenvalue weighted by molar-refractivity contribution is 5.69. The number of benzene rings is 1. The molecule has 0 aromatic heterocycles. The topological polar surface area (TPSA) is 29.5 Å². The van der Waals surface area contributed by atoms with Crippen molar-refractivity contribution in [2.24, 2.45) is 17.8 Å². The van der Waals surface area contributed by atoms with E-state index in [0.717, 1.165) is 19.3 Å². The van der Waals surface area contributed by atoms with Crippen molar-refractivity contribution in [3.05, 3.63) is 48.7 Å². The quantitative estimate of drug-likeness (QED) is 0.711. The molecule has 3 atom stereocenters. The molecule has 2 rings (SSSR count). The van der Waals surface area contributed by atoms with Crippen LogP contribution in [0.3, 0.4) is 0 Å². The summed E-state index contributed by atoms with van der Waals surface area (Å²) in [5, 5.41) is 0. The lowest BCUT2D eigenvalue weighted by molar-refractivity contribution is -0.00508. The van der Waals surface area contributed by atoms with E-state index in [9.17, 15) is 4.79 Å². The van der Waals surface area contributed by atoms with E-state index < -0.39 is 0 Å². The predicted octanol–water partition coefficient (Wildman–Crippen LogP) is 5.27. The zero-order chi connectivity index (χ0) is 17.5. The molecule has 0 spiro atoms. The molecule has 1 amide bonds. The van der Waals surface area contributed by atoms with Gasteiger partial charge in [0.15, 0.2) is 0 Å². The van der Waals surface area contributed by atoms with Crippen molar-refractivity contribution < 1.29 is 9.53 Å². The summed E-state index contributed by atoms with van der Waals surface area (Å²) in [6, 6.07) is 10.2. The van der Waals surface area contributed by atoms with Gasteiger partial charge in [-0.3, -0.25) is 4.90 Å². The van der Waals surface area contributed by atoms with Crippen LogP contribution in [0.1, 0.15) is 45.6 Å². The van der Waals surface area contributed by atoms with Crippen LogP contribution in [-0.2, 0) is 11.2 Å². The van der Waals surface area contributed by atoms with Crippen molar-refractivity contribution in [3.63, 3.8) is 0 Å². The van der Waals surface area contributed by atoms with Gasteiger partial charge in [-0.25, -0.2) is 4.79 Å². The molecular formula is C21H31NO2. The van der Waals surface area contributed by atoms with Gasteiger partial charge in [0.05, 0.1) is 0 Å². The minimum Gasteiger partial charge on any atom is -0.446 e. The Bertz CT molecular complexity index is 526. The lowest BCUT2D eigenvalue weighted by atomic mass is 9.75. The lowest BCUT2D eigenvalue weighted by Crippen LogP contribution is -2.39. The van der Waals surface area contributed by atoms with E-state index in [1.165, 1.54) is 12.0 Å². The summed E-state index contributed by atoms with van der Waals surface area (Å²) in [5.74, 6) is 1.63. The Labute approximate surface area is 146 Å². The normalized spacial score (nSPS) is 23.8. The van der Waals surface area contributed by atoms with E-state index in [4.69, 9.17) is 4.74 Å². The van der Waals surface area contributed by atoms with Crippen molar-refractivity contribution in [1.29, 1.82) is 0 Å². The number of carbonyl (C=O) groups excluding carboxylic acids is 1. The Hall–Kier alpha value is -1.77. The van der Waals surface area contributed by atoms with E-state index in [2.05, 4.69) is 39.5 Å². The highest BCUT2D eigenvalue weighted by Crippen LogP contribution is 2.35. The summed E-state index contributed by atoms with van der Waals surface area (Å²) < 4.78 is 5.89. The van der Waals surface area contributed by atoms with Gasteiger partial charge in [0, 0.05) is 12.7 Å². The third kappa shape index (κ3) is 5.12. The van der Waals surface area contributed by atoms with Gasteiger partial charge in [-0.1, -0.05) is 64.1 Å². The van der Waals surface area contributed by atoms with Gasteiger partial charge < -0.3 is 4.74 Å². The molecule has 0 heterocycles. The Morgan fingerprint density at radius 3 is 2.67 bits per heavy atom. The number of rotatable bonds is 6. The van der Waals surface area contributed by atoms with Crippen LogP contribution in [0.15, 0.2) is 43.1 Å². The molecule has 3 nitrogen and oxygen atoms in total. The predicted molar refractivity (Wildman–Crippen MR) is 98.7 cm³/mol. The van der Waals surface area contributed by atoms with Gasteiger partial charge in [-0.15, -0.1) is 0 Å². The molecule has 1 saturated carbocycles. The van der Waals surface area contributed by atoms with Crippen LogP contribution in [0.2, 0.25) is 0 Å². The van der Waals surface area contributed by atoms with Crippen LogP contribution in [0.4, 0.5) is 4.79 Å². The van der Waals surface area contributed by atoms with Gasteiger partial charge in [-0.05, 0) is 42.6 Å². The number of carbonyl (C=O) groups is 1. The molecule has 3 heteroatoms. The second kappa shape index (κ2) is 8.91. The summed E-state index contributed by atoms with van der Waals surface area (Å²) in [5.41, 5.74) is 1.21. The SMILES string of the molecule is C=CN(CCc1ccccc1)C(=O)OC1CC(C)CCC1C(C)C. The van der Waals surface area contributed by atoms with Crippen molar-refractivity contribution in [3.8, 4) is 0 Å². The molecule has 24 heavy (non-hydrogen) atoms. The van der Waals surface area contributed by atoms with Crippen molar-refractivity contribution in [1.82, 2.24) is 4.90 Å². The first-order valence-electron chi connectivity index (χ1n) is 9.15. The molecule has 1 fully saturated rings. The maximum atomic E-state index is 12.6. The van der Waals surface area contributed by atoms with Crippen LogP contribution in [0.25, 0.3) is 0 Å². The molecule has 1 aromatic carbocycles. The molecule has 0 N–H and O–H groups in total. The van der Waals surface area contributed by atoms with Crippen molar-refractivity contribution >= 4 is 6.09 Å². The zero-order valence-electron chi connectivity index (χ0n) is 15.3. The number of nitrogens with zero attached hydrogens (tertiary/aromatic N) is 1. The Morgan fingerprint density at radius 2 is 2.04 bits per heavy atom. The van der Waals surface area contributed by atoms with E-state index in [1.807, 2.05) is 18.2 Å². The third-order valence-electron chi connectivity index (χ3n) is 5.15. The molecule has 3 unspecified atom stereocenters. The number of amides is 1. The van der Waals surface area contributed by atoms with Crippen molar-refractivity contribution in [2.75, 3.05) is 6.54 Å². The van der Waals surface area contributed by atoms with E-state index in [1.54, 1.807) is 11.1 Å². The molecule has 0 radical (unpaired) electrons. The first-order valence-corrected chi connectivity index (χ1v) is 9.15. The van der Waals surface area contributed by atoms with Crippen LogP contribution < -0.4 is 0 Å². The average Bonchev–Trinajstić information content (AvgIpc) is 2.56. The molecule has 132 valence electrons. The second-order valence-corrected chi connectivity index (χ2v) is 7.36. The monoisotopic (exact) mass is 329 g/mol. The summed E-state index contributed by atoms with van der Waals surface area (Å²) in [7, 11) is 0. The van der Waals surface area contributed by atoms with Crippen molar-refractivity contribution in [2.45, 2.75) is 52.6 Å². The fraction of sp³-hybridized carbons (Fsp3) is 0.571. The first kappa shape index (κ1) is 18.6. The summed E-state index contributed by atoms with van der Waals surface area (Å²) in [6.45, 7) is 11.1. The number of hydrogen-bond acceptors (Lipinski definition) is 2. The van der Waals surface area contributed by atoms with E-state index in [-0.39, 0.29) is 12.2 Å². The molecule has 1 aromatic rings. The van der Waals surface area contributed by atoms with Gasteiger partial charge >= 0.3 is 6.09 Å². The highest BCUT2D eigenvalue weighted by Gasteiger charge is 2.34. The minimum atomic E-state index is -0.259. The highest BCUT2D eigenvalue weighted by atomic mass is 16.6. The van der Waals surface area contributed by atoms with Crippen LogP contribution >= 0.6 is 0 Å². The van der Waals surface area contributed by atoms with Gasteiger partial charge in [0.2, 0.25) is 0 Å². The van der Waals surface area contributed by atoms with Crippen LogP contribution in [0.5, 0.6) is 0 Å². The summed E-state index contributed by atoms with van der Waals surface area (Å²) in [4.78, 5) is 14.2. The maximum absolute atomic E-state index is 12.6. The molecular weight excluding hydrogens is 298 g/mol. The standard InChI is InChI=1S/C21H31NO2/c1-5-22(14-13-18-9-7-6-8-10-18)21(23)24-20-15-17(4)11-12-19(20)16(2)3/h5-10,16-17,19-20H,1,11-15H2,2-4H3. The Kier molecular flexibility index (Phi) is 6.89. The number of ether oxygens (including phenoxy) is 1. The fourth-order valence-corrected chi connectivity index (χ4v) is 3.60.